The molecular weight excluding hydrogens is 536 g/mol. The maximum atomic E-state index is 13.2. The number of carbonyl (C=O) groups is 2. The molecular formula is C37H42N2O4. The number of hydrogen-bond acceptors (Lipinski definition) is 4. The van der Waals surface area contributed by atoms with E-state index in [1.807, 2.05) is 36.4 Å². The summed E-state index contributed by atoms with van der Waals surface area (Å²) in [6.07, 6.45) is 4.85. The first-order valence-corrected chi connectivity index (χ1v) is 15.2. The number of carbonyl (C=O) groups excluding carboxylic acids is 1. The maximum absolute atomic E-state index is 13.2. The minimum Gasteiger partial charge on any atom is -0.491 e. The van der Waals surface area contributed by atoms with Crippen molar-refractivity contribution < 1.29 is 19.4 Å². The van der Waals surface area contributed by atoms with Crippen molar-refractivity contribution in [3.8, 4) is 5.75 Å². The molecule has 0 fully saturated rings. The summed E-state index contributed by atoms with van der Waals surface area (Å²) in [4.78, 5) is 26.3. The molecule has 4 rings (SSSR count). The van der Waals surface area contributed by atoms with Crippen LogP contribution in [0.15, 0.2) is 97.1 Å². The molecule has 0 atom stereocenters. The summed E-state index contributed by atoms with van der Waals surface area (Å²) in [5.74, 6) is -0.585. The average Bonchev–Trinajstić information content (AvgIpc) is 3.02. The van der Waals surface area contributed by atoms with Crippen LogP contribution in [0.2, 0.25) is 0 Å². The van der Waals surface area contributed by atoms with Crippen molar-refractivity contribution in [3.05, 3.63) is 125 Å². The van der Waals surface area contributed by atoms with E-state index in [1.54, 1.807) is 12.1 Å². The van der Waals surface area contributed by atoms with E-state index in [-0.39, 0.29) is 18.9 Å². The van der Waals surface area contributed by atoms with Crippen LogP contribution in [-0.2, 0) is 30.7 Å². The Hall–Kier alpha value is -4.58. The number of rotatable bonds is 16. The van der Waals surface area contributed by atoms with Gasteiger partial charge in [-0.1, -0.05) is 87.4 Å². The highest BCUT2D eigenvalue weighted by molar-refractivity contribution is 6.05. The first-order valence-electron chi connectivity index (χ1n) is 15.2. The quantitative estimate of drug-likeness (QED) is 0.131. The summed E-state index contributed by atoms with van der Waals surface area (Å²) in [7, 11) is 0. The SMILES string of the molecule is CCCc1ccc(CN(Cc2ccc(CCC)cc2)c2ccc(C(=O)Nc3ccccc3OCCCC(=O)O)cc2)cc1. The minimum atomic E-state index is -0.859. The summed E-state index contributed by atoms with van der Waals surface area (Å²) in [5.41, 5.74) is 7.31. The van der Waals surface area contributed by atoms with E-state index < -0.39 is 5.97 Å². The molecule has 4 aromatic carbocycles. The topological polar surface area (TPSA) is 78.9 Å². The third-order valence-electron chi connectivity index (χ3n) is 7.29. The summed E-state index contributed by atoms with van der Waals surface area (Å²) in [5, 5.41) is 11.8. The first-order chi connectivity index (χ1) is 20.9. The highest BCUT2D eigenvalue weighted by Gasteiger charge is 2.13. The molecule has 6 heteroatoms. The zero-order chi connectivity index (χ0) is 30.4. The Balaban J connectivity index is 1.48. The monoisotopic (exact) mass is 578 g/mol. The van der Waals surface area contributed by atoms with Crippen molar-refractivity contribution in [2.75, 3.05) is 16.8 Å². The lowest BCUT2D eigenvalue weighted by molar-refractivity contribution is -0.137. The summed E-state index contributed by atoms with van der Waals surface area (Å²) in [6.45, 7) is 6.15. The van der Waals surface area contributed by atoms with E-state index in [0.29, 0.717) is 23.4 Å². The van der Waals surface area contributed by atoms with E-state index >= 15 is 0 Å². The fraction of sp³-hybridized carbons (Fsp3) is 0.297. The Kier molecular flexibility index (Phi) is 11.8. The zero-order valence-corrected chi connectivity index (χ0v) is 25.2. The van der Waals surface area contributed by atoms with Crippen LogP contribution in [0, 0.1) is 0 Å². The second-order valence-electron chi connectivity index (χ2n) is 10.8. The van der Waals surface area contributed by atoms with Crippen molar-refractivity contribution in [1.82, 2.24) is 0 Å². The Morgan fingerprint density at radius 2 is 1.26 bits per heavy atom. The summed E-state index contributed by atoms with van der Waals surface area (Å²) in [6, 6.07) is 32.6. The number of benzene rings is 4. The van der Waals surface area contributed by atoms with Gasteiger partial charge in [0.25, 0.3) is 5.91 Å². The molecule has 0 spiro atoms. The largest absolute Gasteiger partial charge is 0.491 e. The number of para-hydroxylation sites is 2. The Morgan fingerprint density at radius 1 is 0.721 bits per heavy atom. The second kappa shape index (κ2) is 16.2. The van der Waals surface area contributed by atoms with Gasteiger partial charge in [-0.25, -0.2) is 0 Å². The normalized spacial score (nSPS) is 10.7. The Morgan fingerprint density at radius 3 is 1.79 bits per heavy atom. The van der Waals surface area contributed by atoms with E-state index in [0.717, 1.165) is 44.5 Å². The number of hydrogen-bond donors (Lipinski definition) is 2. The lowest BCUT2D eigenvalue weighted by Gasteiger charge is -2.26. The van der Waals surface area contributed by atoms with Crippen LogP contribution < -0.4 is 15.0 Å². The van der Waals surface area contributed by atoms with Crippen molar-refractivity contribution in [2.45, 2.75) is 65.5 Å². The molecule has 43 heavy (non-hydrogen) atoms. The second-order valence-corrected chi connectivity index (χ2v) is 10.8. The van der Waals surface area contributed by atoms with Crippen LogP contribution in [0.3, 0.4) is 0 Å². The molecule has 0 heterocycles. The van der Waals surface area contributed by atoms with Gasteiger partial charge in [-0.3, -0.25) is 9.59 Å². The number of carboxylic acids is 1. The number of amides is 1. The molecule has 0 bridgehead atoms. The summed E-state index contributed by atoms with van der Waals surface area (Å²) >= 11 is 0. The molecule has 2 N–H and O–H groups in total. The van der Waals surface area contributed by atoms with Gasteiger partial charge in [0.2, 0.25) is 0 Å². The number of anilines is 2. The van der Waals surface area contributed by atoms with Gasteiger partial charge in [0.05, 0.1) is 12.3 Å². The van der Waals surface area contributed by atoms with Crippen LogP contribution in [0.1, 0.15) is 72.1 Å². The molecule has 0 unspecified atom stereocenters. The Labute approximate surface area is 255 Å². The van der Waals surface area contributed by atoms with E-state index in [4.69, 9.17) is 9.84 Å². The van der Waals surface area contributed by atoms with E-state index in [9.17, 15) is 9.59 Å². The number of nitrogens with one attached hydrogen (secondary N) is 1. The molecule has 0 aliphatic carbocycles. The fourth-order valence-corrected chi connectivity index (χ4v) is 5.00. The van der Waals surface area contributed by atoms with Crippen molar-refractivity contribution in [1.29, 1.82) is 0 Å². The smallest absolute Gasteiger partial charge is 0.303 e. The van der Waals surface area contributed by atoms with Gasteiger partial charge in [-0.05, 0) is 77.9 Å². The number of carboxylic acid groups (broad SMARTS) is 1. The number of aliphatic carboxylic acids is 1. The molecule has 4 aromatic rings. The minimum absolute atomic E-state index is 0.0340. The van der Waals surface area contributed by atoms with Crippen LogP contribution in [0.4, 0.5) is 11.4 Å². The molecule has 0 radical (unpaired) electrons. The number of ether oxygens (including phenoxy) is 1. The van der Waals surface area contributed by atoms with Crippen molar-refractivity contribution in [3.63, 3.8) is 0 Å². The molecule has 1 amide bonds. The molecule has 0 saturated carbocycles. The van der Waals surface area contributed by atoms with Gasteiger partial charge in [-0.2, -0.15) is 0 Å². The number of aryl methyl sites for hydroxylation is 2. The van der Waals surface area contributed by atoms with E-state index in [2.05, 4.69) is 72.6 Å². The van der Waals surface area contributed by atoms with Gasteiger partial charge in [0.15, 0.2) is 0 Å². The Bertz CT molecular complexity index is 1400. The van der Waals surface area contributed by atoms with Crippen molar-refractivity contribution >= 4 is 23.3 Å². The highest BCUT2D eigenvalue weighted by Crippen LogP contribution is 2.26. The first kappa shape index (κ1) is 31.4. The maximum Gasteiger partial charge on any atom is 0.303 e. The van der Waals surface area contributed by atoms with Gasteiger partial charge < -0.3 is 20.1 Å². The molecule has 6 nitrogen and oxygen atoms in total. The third-order valence-corrected chi connectivity index (χ3v) is 7.29. The molecule has 0 saturated heterocycles. The van der Waals surface area contributed by atoms with Crippen LogP contribution in [0.25, 0.3) is 0 Å². The van der Waals surface area contributed by atoms with Crippen LogP contribution >= 0.6 is 0 Å². The zero-order valence-electron chi connectivity index (χ0n) is 25.2. The van der Waals surface area contributed by atoms with E-state index in [1.165, 1.54) is 22.3 Å². The number of nitrogens with zero attached hydrogens (tertiary/aromatic N) is 1. The van der Waals surface area contributed by atoms with Gasteiger partial charge in [-0.15, -0.1) is 0 Å². The van der Waals surface area contributed by atoms with Gasteiger partial charge >= 0.3 is 5.97 Å². The third kappa shape index (κ3) is 9.74. The lowest BCUT2D eigenvalue weighted by Crippen LogP contribution is -2.22. The predicted octanol–water partition coefficient (Wildman–Crippen LogP) is 8.29. The average molecular weight is 579 g/mol. The van der Waals surface area contributed by atoms with Crippen molar-refractivity contribution in [2.24, 2.45) is 0 Å². The van der Waals surface area contributed by atoms with Crippen LogP contribution in [0.5, 0.6) is 5.75 Å². The van der Waals surface area contributed by atoms with Gasteiger partial charge in [0.1, 0.15) is 5.75 Å². The van der Waals surface area contributed by atoms with Crippen LogP contribution in [-0.4, -0.2) is 23.6 Å². The standard InChI is InChI=1S/C37H42N2O4/c1-3-8-28-13-17-30(18-14-28)26-39(27-31-19-15-29(9-4-2)16-20-31)33-23-21-32(22-24-33)37(42)38-34-10-5-6-11-35(34)43-25-7-12-36(40)41/h5-6,10-11,13-24H,3-4,7-9,12,25-27H2,1-2H3,(H,38,42)(H,40,41). The molecule has 0 aliphatic heterocycles. The highest BCUT2D eigenvalue weighted by atomic mass is 16.5. The fourth-order valence-electron chi connectivity index (χ4n) is 5.00. The van der Waals surface area contributed by atoms with Gasteiger partial charge in [0, 0.05) is 30.8 Å². The molecule has 0 aliphatic rings. The summed E-state index contributed by atoms with van der Waals surface area (Å²) < 4.78 is 5.75. The molecule has 0 aromatic heterocycles. The molecule has 224 valence electrons. The lowest BCUT2D eigenvalue weighted by atomic mass is 10.1. The predicted molar refractivity (Wildman–Crippen MR) is 174 cm³/mol.